The maximum atomic E-state index is 14.8. The van der Waals surface area contributed by atoms with E-state index in [1.54, 1.807) is 55.4 Å². The Labute approximate surface area is 443 Å². The zero-order valence-corrected chi connectivity index (χ0v) is 44.9. The number of primary amides is 1. The van der Waals surface area contributed by atoms with Crippen LogP contribution in [-0.4, -0.2) is 160 Å². The number of benzene rings is 1. The van der Waals surface area contributed by atoms with Gasteiger partial charge in [0.25, 0.3) is 0 Å². The standard InChI is InChI=1S/C52H78N10O14/c1-9-11-42(66)60-45(29(6)7)49(72)59-37-26-76-52(75)38-12-10-17-61(38)50(73)36(21-31-13-15-32(63)16-14-31)58-47(70)35(22-41(53)65)56-44(68)24-54-46(69)34(19-28(4)5)55-43(67)23-40(64)33(18-27(2)3)57-48(71)39-20-30(8)25-62(39)51(37)74/h13-16,27-30,33-39,45,63H,9-12,17-26H2,1-8H3,(H2,53,65)(H,54,69)(H,55,67)(H,56,68)(H,57,71)(H,58,70)(H,59,72)(H,60,66). The number of phenolic OH excluding ortho intramolecular Hbond substituents is 1. The first-order valence-electron chi connectivity index (χ1n) is 26.2. The molecule has 3 saturated heterocycles. The highest BCUT2D eigenvalue weighted by Crippen LogP contribution is 2.26. The molecule has 24 heteroatoms. The molecule has 0 aromatic heterocycles. The topological polar surface area (TPSA) is 351 Å². The molecule has 0 saturated carbocycles. The molecule has 3 fully saturated rings. The van der Waals surface area contributed by atoms with E-state index in [1.807, 2.05) is 0 Å². The van der Waals surface area contributed by atoms with Gasteiger partial charge in [0.1, 0.15) is 54.6 Å². The Kier molecular flexibility index (Phi) is 23.2. The summed E-state index contributed by atoms with van der Waals surface area (Å²) in [6.45, 7) is 12.5. The van der Waals surface area contributed by atoms with Crippen LogP contribution in [0.5, 0.6) is 5.75 Å². The van der Waals surface area contributed by atoms with Crippen LogP contribution in [0.4, 0.5) is 0 Å². The molecule has 420 valence electrons. The Morgan fingerprint density at radius 2 is 1.41 bits per heavy atom. The first-order valence-corrected chi connectivity index (χ1v) is 26.2. The predicted molar refractivity (Wildman–Crippen MR) is 273 cm³/mol. The second kappa shape index (κ2) is 28.7. The molecule has 24 nitrogen and oxygen atoms in total. The van der Waals surface area contributed by atoms with Gasteiger partial charge in [-0.25, -0.2) is 4.79 Å². The van der Waals surface area contributed by atoms with Crippen molar-refractivity contribution in [3.63, 3.8) is 0 Å². The average molecular weight is 1070 g/mol. The number of phenols is 1. The lowest BCUT2D eigenvalue weighted by Gasteiger charge is -2.32. The number of hydrogen-bond acceptors (Lipinski definition) is 14. The summed E-state index contributed by atoms with van der Waals surface area (Å²) in [7, 11) is 0. The summed E-state index contributed by atoms with van der Waals surface area (Å²) >= 11 is 0. The van der Waals surface area contributed by atoms with Crippen LogP contribution in [0.25, 0.3) is 0 Å². The van der Waals surface area contributed by atoms with E-state index in [0.717, 1.165) is 0 Å². The Bertz CT molecular complexity index is 2310. The number of cyclic esters (lactones) is 1. The molecular weight excluding hydrogens is 989 g/mol. The van der Waals surface area contributed by atoms with Crippen LogP contribution < -0.4 is 43.0 Å². The maximum absolute atomic E-state index is 14.8. The molecule has 0 radical (unpaired) electrons. The van der Waals surface area contributed by atoms with Gasteiger partial charge < -0.3 is 62.6 Å². The van der Waals surface area contributed by atoms with Gasteiger partial charge in [0.15, 0.2) is 5.78 Å². The van der Waals surface area contributed by atoms with Crippen LogP contribution in [0.2, 0.25) is 0 Å². The van der Waals surface area contributed by atoms with Crippen molar-refractivity contribution < 1.29 is 67.4 Å². The molecule has 3 aliphatic heterocycles. The largest absolute Gasteiger partial charge is 0.508 e. The second-order valence-electron chi connectivity index (χ2n) is 21.3. The molecule has 9 atom stereocenters. The maximum Gasteiger partial charge on any atom is 0.328 e. The molecule has 1 aromatic rings. The van der Waals surface area contributed by atoms with E-state index < -0.39 is 151 Å². The number of rotatable bonds is 14. The van der Waals surface area contributed by atoms with Gasteiger partial charge in [0.2, 0.25) is 59.1 Å². The number of carbonyl (C=O) groups excluding carboxylic acids is 12. The Morgan fingerprint density at radius 3 is 2.03 bits per heavy atom. The Hall–Kier alpha value is -7.14. The van der Waals surface area contributed by atoms with E-state index in [4.69, 9.17) is 10.5 Å². The predicted octanol–water partition coefficient (Wildman–Crippen LogP) is -0.873. The van der Waals surface area contributed by atoms with E-state index in [2.05, 4.69) is 37.2 Å². The smallest absolute Gasteiger partial charge is 0.328 e. The summed E-state index contributed by atoms with van der Waals surface area (Å²) in [5.74, 6) is -11.2. The van der Waals surface area contributed by atoms with Crippen LogP contribution in [0.3, 0.4) is 0 Å². The number of amides is 10. The highest BCUT2D eigenvalue weighted by molar-refractivity contribution is 6.04. The number of hydrogen-bond donors (Lipinski definition) is 9. The molecule has 0 bridgehead atoms. The molecule has 10 amide bonds. The van der Waals surface area contributed by atoms with Crippen molar-refractivity contribution in [3.05, 3.63) is 29.8 Å². The molecule has 0 spiro atoms. The molecular formula is C52H78N10O14. The number of esters is 1. The van der Waals surface area contributed by atoms with Crippen molar-refractivity contribution in [2.24, 2.45) is 29.4 Å². The van der Waals surface area contributed by atoms with Gasteiger partial charge in [-0.2, -0.15) is 0 Å². The monoisotopic (exact) mass is 1070 g/mol. The molecule has 3 heterocycles. The number of ketones is 1. The fraction of sp³-hybridized carbons (Fsp3) is 0.654. The fourth-order valence-corrected chi connectivity index (χ4v) is 9.45. The van der Waals surface area contributed by atoms with Gasteiger partial charge in [-0.3, -0.25) is 52.7 Å². The lowest BCUT2D eigenvalue weighted by molar-refractivity contribution is -0.157. The molecule has 3 aliphatic rings. The zero-order chi connectivity index (χ0) is 56.6. The van der Waals surface area contributed by atoms with E-state index in [0.29, 0.717) is 12.0 Å². The van der Waals surface area contributed by atoms with Gasteiger partial charge in [-0.1, -0.05) is 67.5 Å². The third-order valence-corrected chi connectivity index (χ3v) is 13.2. The summed E-state index contributed by atoms with van der Waals surface area (Å²) in [5.41, 5.74) is 5.93. The zero-order valence-electron chi connectivity index (χ0n) is 44.9. The minimum atomic E-state index is -1.69. The van der Waals surface area contributed by atoms with Crippen LogP contribution in [0.15, 0.2) is 24.3 Å². The number of nitrogens with one attached hydrogen (secondary N) is 7. The normalized spacial score (nSPS) is 25.6. The van der Waals surface area contributed by atoms with E-state index in [-0.39, 0.29) is 81.5 Å². The van der Waals surface area contributed by atoms with Gasteiger partial charge in [-0.05, 0) is 79.9 Å². The number of aromatic hydroxyl groups is 1. The summed E-state index contributed by atoms with van der Waals surface area (Å²) < 4.78 is 5.79. The van der Waals surface area contributed by atoms with Crippen LogP contribution in [0.1, 0.15) is 119 Å². The van der Waals surface area contributed by atoms with Crippen LogP contribution >= 0.6 is 0 Å². The Morgan fingerprint density at radius 1 is 0.776 bits per heavy atom. The first-order chi connectivity index (χ1) is 35.8. The molecule has 0 aliphatic carbocycles. The van der Waals surface area contributed by atoms with Crippen LogP contribution in [-0.2, 0) is 68.7 Å². The molecule has 10 N–H and O–H groups in total. The van der Waals surface area contributed by atoms with Crippen LogP contribution in [0, 0.1) is 23.7 Å². The fourth-order valence-electron chi connectivity index (χ4n) is 9.45. The molecule has 9 unspecified atom stereocenters. The average Bonchev–Trinajstić information content (AvgIpc) is 3.99. The number of fused-ring (bicyclic) bond motifs is 2. The summed E-state index contributed by atoms with van der Waals surface area (Å²) in [6, 6.07) is -5.25. The van der Waals surface area contributed by atoms with E-state index in [1.165, 1.54) is 34.1 Å². The minimum Gasteiger partial charge on any atom is -0.508 e. The van der Waals surface area contributed by atoms with Gasteiger partial charge >= 0.3 is 5.97 Å². The van der Waals surface area contributed by atoms with Crippen molar-refractivity contribution in [1.82, 2.24) is 47.0 Å². The highest BCUT2D eigenvalue weighted by Gasteiger charge is 2.44. The third-order valence-electron chi connectivity index (χ3n) is 13.2. The van der Waals surface area contributed by atoms with Gasteiger partial charge in [-0.15, -0.1) is 0 Å². The number of carbonyl (C=O) groups is 12. The van der Waals surface area contributed by atoms with Gasteiger partial charge in [0.05, 0.1) is 25.4 Å². The van der Waals surface area contributed by atoms with Gasteiger partial charge in [0, 0.05) is 25.9 Å². The van der Waals surface area contributed by atoms with Crippen molar-refractivity contribution in [2.45, 2.75) is 168 Å². The SMILES string of the molecule is CCCC(=O)NC(C(=O)NC1COC(=O)C2CCCN2C(=O)C(Cc2ccc(O)cc2)NC(=O)C(CC(N)=O)NC(=O)CNC(=O)C(CC(C)C)NC(=O)CC(=O)C(CC(C)C)NC(=O)C2CC(C)CN2C1=O)C(C)C. The lowest BCUT2D eigenvalue weighted by Crippen LogP contribution is -2.60. The minimum absolute atomic E-state index is 0.00302. The van der Waals surface area contributed by atoms with Crippen molar-refractivity contribution in [1.29, 1.82) is 0 Å². The number of nitrogens with two attached hydrogens (primary N) is 1. The van der Waals surface area contributed by atoms with Crippen molar-refractivity contribution >= 4 is 70.8 Å². The molecule has 76 heavy (non-hydrogen) atoms. The number of ether oxygens (including phenoxy) is 1. The number of Topliss-reactive ketones (excluding diaryl/α,β-unsaturated/α-hetero) is 1. The quantitative estimate of drug-likeness (QED) is 0.0808. The molecule has 4 rings (SSSR count). The van der Waals surface area contributed by atoms with E-state index in [9.17, 15) is 62.6 Å². The lowest BCUT2D eigenvalue weighted by atomic mass is 9.97. The summed E-state index contributed by atoms with van der Waals surface area (Å²) in [4.78, 5) is 168. The van der Waals surface area contributed by atoms with Crippen molar-refractivity contribution in [3.8, 4) is 5.75 Å². The van der Waals surface area contributed by atoms with Crippen molar-refractivity contribution in [2.75, 3.05) is 26.2 Å². The first kappa shape index (κ1) is 61.4. The Balaban J connectivity index is 1.80. The summed E-state index contributed by atoms with van der Waals surface area (Å²) in [6.07, 6.45) is -0.519. The summed E-state index contributed by atoms with van der Waals surface area (Å²) in [5, 5.41) is 27.9. The third kappa shape index (κ3) is 18.3. The highest BCUT2D eigenvalue weighted by atomic mass is 16.5. The molecule has 1 aromatic carbocycles. The second-order valence-corrected chi connectivity index (χ2v) is 21.3. The number of nitrogens with zero attached hydrogens (tertiary/aromatic N) is 2. The van der Waals surface area contributed by atoms with E-state index >= 15 is 0 Å².